The van der Waals surface area contributed by atoms with Crippen LogP contribution in [0.3, 0.4) is 0 Å². The Morgan fingerprint density at radius 1 is 1.12 bits per heavy atom. The minimum atomic E-state index is -3.38. The van der Waals surface area contributed by atoms with Crippen molar-refractivity contribution in [3.05, 3.63) is 46.4 Å². The van der Waals surface area contributed by atoms with Gasteiger partial charge in [0.2, 0.25) is 10.0 Å². The van der Waals surface area contributed by atoms with Gasteiger partial charge < -0.3 is 10.6 Å². The second-order valence-corrected chi connectivity index (χ2v) is 9.25. The van der Waals surface area contributed by atoms with E-state index in [4.69, 9.17) is 0 Å². The van der Waals surface area contributed by atoms with Gasteiger partial charge >= 0.3 is 6.03 Å². The number of nitrogens with one attached hydrogen (secondary N) is 3. The molecular formula is C16H15BrN4O3S2. The molecule has 10 heteroatoms. The van der Waals surface area contributed by atoms with E-state index in [1.54, 1.807) is 24.3 Å². The molecule has 1 aromatic heterocycles. The average Bonchev–Trinajstić information content (AvgIpc) is 2.90. The Morgan fingerprint density at radius 3 is 2.42 bits per heavy atom. The summed E-state index contributed by atoms with van der Waals surface area (Å²) in [5, 5.41) is 5.79. The maximum atomic E-state index is 12.2. The van der Waals surface area contributed by atoms with E-state index < -0.39 is 10.0 Å². The topological polar surface area (TPSA) is 100 Å². The average molecular weight is 455 g/mol. The number of urea groups is 1. The van der Waals surface area contributed by atoms with Crippen LogP contribution in [-0.2, 0) is 10.0 Å². The summed E-state index contributed by atoms with van der Waals surface area (Å²) in [7, 11) is -3.38. The zero-order valence-corrected chi connectivity index (χ0v) is 17.0. The number of carbonyl (C=O) groups excluding carboxylic acids is 1. The number of aryl methyl sites for hydroxylation is 1. The molecule has 1 heterocycles. The predicted molar refractivity (Wildman–Crippen MR) is 110 cm³/mol. The SMILES string of the molecule is Cc1cc(NC(=O)Nc2ccc3sc(NS(C)(=O)=O)nc3c2)ccc1Br. The van der Waals surface area contributed by atoms with Crippen LogP contribution in [0, 0.1) is 6.92 Å². The largest absolute Gasteiger partial charge is 0.323 e. The van der Waals surface area contributed by atoms with E-state index >= 15 is 0 Å². The number of halogens is 1. The first-order valence-electron chi connectivity index (χ1n) is 7.42. The van der Waals surface area contributed by atoms with Crippen LogP contribution < -0.4 is 15.4 Å². The number of carbonyl (C=O) groups is 1. The van der Waals surface area contributed by atoms with Crippen molar-refractivity contribution in [2.45, 2.75) is 6.92 Å². The van der Waals surface area contributed by atoms with Gasteiger partial charge in [-0.1, -0.05) is 27.3 Å². The standard InChI is InChI=1S/C16H15BrN4O3S2/c1-9-7-10(3-5-12(9)17)18-15(22)19-11-4-6-14-13(8-11)20-16(25-14)21-26(2,23)24/h3-8H,1-2H3,(H,20,21)(H2,18,19,22). The van der Waals surface area contributed by atoms with E-state index in [1.165, 1.54) is 11.3 Å². The molecule has 0 saturated carbocycles. The van der Waals surface area contributed by atoms with Gasteiger partial charge in [-0.3, -0.25) is 4.72 Å². The maximum absolute atomic E-state index is 12.2. The lowest BCUT2D eigenvalue weighted by Crippen LogP contribution is -2.19. The molecule has 136 valence electrons. The van der Waals surface area contributed by atoms with Crippen molar-refractivity contribution in [1.29, 1.82) is 0 Å². The number of hydrogen-bond acceptors (Lipinski definition) is 5. The van der Waals surface area contributed by atoms with Gasteiger partial charge in [-0.15, -0.1) is 0 Å². The number of aromatic nitrogens is 1. The first-order valence-corrected chi connectivity index (χ1v) is 10.9. The molecule has 3 N–H and O–H groups in total. The van der Waals surface area contributed by atoms with Crippen molar-refractivity contribution < 1.29 is 13.2 Å². The highest BCUT2D eigenvalue weighted by atomic mass is 79.9. The van der Waals surface area contributed by atoms with Crippen molar-refractivity contribution in [1.82, 2.24) is 4.98 Å². The molecule has 7 nitrogen and oxygen atoms in total. The lowest BCUT2D eigenvalue weighted by molar-refractivity contribution is 0.262. The summed E-state index contributed by atoms with van der Waals surface area (Å²) in [6, 6.07) is 10.3. The summed E-state index contributed by atoms with van der Waals surface area (Å²) in [4.78, 5) is 16.4. The fourth-order valence-corrected chi connectivity index (χ4v) is 4.15. The van der Waals surface area contributed by atoms with E-state index in [1.807, 2.05) is 19.1 Å². The van der Waals surface area contributed by atoms with Crippen molar-refractivity contribution >= 4 is 70.0 Å². The first-order chi connectivity index (χ1) is 12.2. The molecule has 0 atom stereocenters. The molecule has 3 aromatic rings. The van der Waals surface area contributed by atoms with Crippen LogP contribution >= 0.6 is 27.3 Å². The zero-order chi connectivity index (χ0) is 18.9. The minimum absolute atomic E-state index is 0.287. The molecular weight excluding hydrogens is 440 g/mol. The van der Waals surface area contributed by atoms with Crippen LogP contribution in [0.5, 0.6) is 0 Å². The fraction of sp³-hybridized carbons (Fsp3) is 0.125. The lowest BCUT2D eigenvalue weighted by Gasteiger charge is -2.09. The van der Waals surface area contributed by atoms with E-state index in [2.05, 4.69) is 36.3 Å². The minimum Gasteiger partial charge on any atom is -0.308 e. The number of hydrogen-bond donors (Lipinski definition) is 3. The predicted octanol–water partition coefficient (Wildman–Crippen LogP) is 4.38. The van der Waals surface area contributed by atoms with Crippen LogP contribution in [-0.4, -0.2) is 25.7 Å². The summed E-state index contributed by atoms with van der Waals surface area (Å²) in [6.07, 6.45) is 1.07. The zero-order valence-electron chi connectivity index (χ0n) is 13.8. The van der Waals surface area contributed by atoms with Crippen molar-refractivity contribution in [3.63, 3.8) is 0 Å². The van der Waals surface area contributed by atoms with Crippen LogP contribution in [0.4, 0.5) is 21.3 Å². The summed E-state index contributed by atoms with van der Waals surface area (Å²) >= 11 is 4.64. The second-order valence-electron chi connectivity index (χ2n) is 5.62. The van der Waals surface area contributed by atoms with Crippen LogP contribution in [0.25, 0.3) is 10.2 Å². The first kappa shape index (κ1) is 18.6. The molecule has 2 amide bonds. The van der Waals surface area contributed by atoms with Gasteiger partial charge in [0.25, 0.3) is 0 Å². The third-order valence-corrected chi connectivity index (χ3v) is 5.87. The second kappa shape index (κ2) is 7.22. The number of amides is 2. The highest BCUT2D eigenvalue weighted by molar-refractivity contribution is 9.10. The van der Waals surface area contributed by atoms with Gasteiger partial charge in [0.15, 0.2) is 5.13 Å². The molecule has 0 unspecified atom stereocenters. The van der Waals surface area contributed by atoms with Crippen LogP contribution in [0.2, 0.25) is 0 Å². The van der Waals surface area contributed by atoms with Crippen molar-refractivity contribution in [2.24, 2.45) is 0 Å². The van der Waals surface area contributed by atoms with Gasteiger partial charge in [-0.05, 0) is 48.9 Å². The molecule has 0 aliphatic rings. The number of sulfonamides is 1. The van der Waals surface area contributed by atoms with E-state index in [0.717, 1.165) is 21.0 Å². The number of anilines is 3. The summed E-state index contributed by atoms with van der Waals surface area (Å²) in [6.45, 7) is 1.94. The van der Waals surface area contributed by atoms with Gasteiger partial charge in [-0.2, -0.15) is 0 Å². The van der Waals surface area contributed by atoms with Gasteiger partial charge in [-0.25, -0.2) is 18.2 Å². The molecule has 0 spiro atoms. The normalized spacial score (nSPS) is 11.3. The quantitative estimate of drug-likeness (QED) is 0.544. The number of nitrogens with zero attached hydrogens (tertiary/aromatic N) is 1. The molecule has 0 radical (unpaired) electrons. The Kier molecular flexibility index (Phi) is 5.17. The fourth-order valence-electron chi connectivity index (χ4n) is 2.22. The number of rotatable bonds is 4. The summed E-state index contributed by atoms with van der Waals surface area (Å²) < 4.78 is 26.7. The molecule has 0 aliphatic heterocycles. The molecule has 0 aliphatic carbocycles. The Balaban J connectivity index is 1.73. The Bertz CT molecular complexity index is 1100. The Hall–Kier alpha value is -2.17. The third-order valence-electron chi connectivity index (χ3n) is 3.33. The van der Waals surface area contributed by atoms with Crippen LogP contribution in [0.15, 0.2) is 40.9 Å². The van der Waals surface area contributed by atoms with E-state index in [0.29, 0.717) is 16.9 Å². The molecule has 2 aromatic carbocycles. The Labute approximate surface area is 163 Å². The molecule has 0 saturated heterocycles. The van der Waals surface area contributed by atoms with Gasteiger partial charge in [0.05, 0.1) is 16.5 Å². The van der Waals surface area contributed by atoms with E-state index in [-0.39, 0.29) is 11.2 Å². The Morgan fingerprint density at radius 2 is 1.77 bits per heavy atom. The highest BCUT2D eigenvalue weighted by Crippen LogP contribution is 2.28. The molecule has 0 fully saturated rings. The number of thiazole rings is 1. The van der Waals surface area contributed by atoms with Crippen LogP contribution in [0.1, 0.15) is 5.56 Å². The monoisotopic (exact) mass is 454 g/mol. The molecule has 0 bridgehead atoms. The van der Waals surface area contributed by atoms with E-state index in [9.17, 15) is 13.2 Å². The number of fused-ring (bicyclic) bond motifs is 1. The van der Waals surface area contributed by atoms with Gasteiger partial charge in [0, 0.05) is 15.8 Å². The summed E-state index contributed by atoms with van der Waals surface area (Å²) in [5.41, 5.74) is 2.84. The van der Waals surface area contributed by atoms with Crippen molar-refractivity contribution in [3.8, 4) is 0 Å². The molecule has 26 heavy (non-hydrogen) atoms. The van der Waals surface area contributed by atoms with Crippen molar-refractivity contribution in [2.75, 3.05) is 21.6 Å². The third kappa shape index (κ3) is 4.71. The number of benzene rings is 2. The summed E-state index contributed by atoms with van der Waals surface area (Å²) in [5.74, 6) is 0. The highest BCUT2D eigenvalue weighted by Gasteiger charge is 2.10. The molecule has 3 rings (SSSR count). The maximum Gasteiger partial charge on any atom is 0.323 e. The van der Waals surface area contributed by atoms with Gasteiger partial charge in [0.1, 0.15) is 0 Å². The smallest absolute Gasteiger partial charge is 0.308 e. The lowest BCUT2D eigenvalue weighted by atomic mass is 10.2.